The van der Waals surface area contributed by atoms with E-state index < -0.39 is 0 Å². The number of unbranched alkanes of at least 4 members (excludes halogenated alkanes) is 1. The van der Waals surface area contributed by atoms with Crippen molar-refractivity contribution in [2.45, 2.75) is 39.7 Å². The summed E-state index contributed by atoms with van der Waals surface area (Å²) in [6.07, 6.45) is 3.32. The zero-order valence-corrected chi connectivity index (χ0v) is 13.4. The summed E-state index contributed by atoms with van der Waals surface area (Å²) in [5, 5.41) is 6.54. The van der Waals surface area contributed by atoms with Gasteiger partial charge in [0.2, 0.25) is 0 Å². The Balaban J connectivity index is 2.48. The summed E-state index contributed by atoms with van der Waals surface area (Å²) in [5.74, 6) is 2.30. The summed E-state index contributed by atoms with van der Waals surface area (Å²) < 4.78 is 10.6. The molecule has 6 nitrogen and oxygen atoms in total. The van der Waals surface area contributed by atoms with Crippen molar-refractivity contribution in [1.82, 2.24) is 9.97 Å². The maximum atomic E-state index is 5.52. The van der Waals surface area contributed by atoms with Gasteiger partial charge in [-0.2, -0.15) is 0 Å². The molecule has 1 heterocycles. The van der Waals surface area contributed by atoms with Gasteiger partial charge in [-0.25, -0.2) is 9.97 Å². The van der Waals surface area contributed by atoms with Crippen molar-refractivity contribution >= 4 is 11.6 Å². The van der Waals surface area contributed by atoms with Crippen LogP contribution in [0, 0.1) is 0 Å². The topological polar surface area (TPSA) is 68.3 Å². The molecule has 0 unspecified atom stereocenters. The van der Waals surface area contributed by atoms with Gasteiger partial charge in [-0.15, -0.1) is 0 Å². The van der Waals surface area contributed by atoms with Crippen molar-refractivity contribution < 1.29 is 9.47 Å². The van der Waals surface area contributed by atoms with Crippen molar-refractivity contribution in [2.24, 2.45) is 0 Å². The molecular formula is C15H28N4O2. The van der Waals surface area contributed by atoms with Crippen LogP contribution >= 0.6 is 0 Å². The molecule has 0 bridgehead atoms. The maximum absolute atomic E-state index is 5.52. The van der Waals surface area contributed by atoms with E-state index in [0.717, 1.165) is 50.6 Å². The van der Waals surface area contributed by atoms with E-state index in [4.69, 9.17) is 9.47 Å². The third-order valence-electron chi connectivity index (χ3n) is 2.80. The highest BCUT2D eigenvalue weighted by molar-refractivity contribution is 5.47. The summed E-state index contributed by atoms with van der Waals surface area (Å²) in [6, 6.07) is 1.92. The van der Waals surface area contributed by atoms with Crippen LogP contribution in [0.1, 0.15) is 38.9 Å². The number of rotatable bonds is 12. The summed E-state index contributed by atoms with van der Waals surface area (Å²) >= 11 is 0. The smallest absolute Gasteiger partial charge is 0.158 e. The first-order valence-corrected chi connectivity index (χ1v) is 7.72. The van der Waals surface area contributed by atoms with Gasteiger partial charge in [0, 0.05) is 32.9 Å². The van der Waals surface area contributed by atoms with E-state index in [2.05, 4.69) is 34.4 Å². The molecule has 0 fully saturated rings. The van der Waals surface area contributed by atoms with E-state index in [1.165, 1.54) is 0 Å². The van der Waals surface area contributed by atoms with Crippen LogP contribution < -0.4 is 10.6 Å². The van der Waals surface area contributed by atoms with Crippen LogP contribution in [-0.2, 0) is 16.1 Å². The van der Waals surface area contributed by atoms with Crippen molar-refractivity contribution in [3.05, 3.63) is 11.9 Å². The van der Waals surface area contributed by atoms with Gasteiger partial charge in [0.1, 0.15) is 18.2 Å². The number of anilines is 2. The summed E-state index contributed by atoms with van der Waals surface area (Å²) in [7, 11) is 1.64. The molecule has 6 heteroatoms. The average molecular weight is 296 g/mol. The largest absolute Gasteiger partial charge is 0.380 e. The SMILES string of the molecule is CCCCOCCNc1cc(NCCC)nc(COC)n1. The lowest BCUT2D eigenvalue weighted by atomic mass is 10.4. The van der Waals surface area contributed by atoms with Crippen molar-refractivity contribution in [3.63, 3.8) is 0 Å². The number of nitrogens with one attached hydrogen (secondary N) is 2. The minimum absolute atomic E-state index is 0.406. The number of hydrogen-bond acceptors (Lipinski definition) is 6. The molecule has 0 aliphatic rings. The minimum atomic E-state index is 0.406. The second-order valence-electron chi connectivity index (χ2n) is 4.81. The number of aromatic nitrogens is 2. The van der Waals surface area contributed by atoms with E-state index in [1.54, 1.807) is 7.11 Å². The maximum Gasteiger partial charge on any atom is 0.158 e. The van der Waals surface area contributed by atoms with Crippen LogP contribution in [0.15, 0.2) is 6.07 Å². The predicted octanol–water partition coefficient (Wildman–Crippen LogP) is 2.67. The summed E-state index contributed by atoms with van der Waals surface area (Å²) in [4.78, 5) is 8.83. The van der Waals surface area contributed by atoms with Crippen molar-refractivity contribution in [3.8, 4) is 0 Å². The first-order chi connectivity index (χ1) is 10.3. The van der Waals surface area contributed by atoms with Gasteiger partial charge in [-0.1, -0.05) is 20.3 Å². The Morgan fingerprint density at radius 1 is 1.00 bits per heavy atom. The normalized spacial score (nSPS) is 10.6. The Morgan fingerprint density at radius 2 is 1.71 bits per heavy atom. The van der Waals surface area contributed by atoms with Crippen LogP contribution in [0.5, 0.6) is 0 Å². The zero-order chi connectivity index (χ0) is 15.3. The molecule has 0 spiro atoms. The van der Waals surface area contributed by atoms with Crippen LogP contribution in [0.3, 0.4) is 0 Å². The summed E-state index contributed by atoms with van der Waals surface area (Å²) in [5.41, 5.74) is 0. The van der Waals surface area contributed by atoms with Gasteiger partial charge in [-0.05, 0) is 12.8 Å². The lowest BCUT2D eigenvalue weighted by molar-refractivity contribution is 0.141. The molecule has 2 N–H and O–H groups in total. The van der Waals surface area contributed by atoms with Crippen LogP contribution in [0.25, 0.3) is 0 Å². The first kappa shape index (κ1) is 17.7. The standard InChI is InChI=1S/C15H28N4O2/c1-4-6-9-21-10-8-17-14-11-13(16-7-5-2)18-15(19-14)12-20-3/h11H,4-10,12H2,1-3H3,(H2,16,17,18,19). The molecule has 0 aliphatic carbocycles. The second-order valence-corrected chi connectivity index (χ2v) is 4.81. The van der Waals surface area contributed by atoms with Crippen molar-refractivity contribution in [2.75, 3.05) is 44.0 Å². The second kappa shape index (κ2) is 11.3. The van der Waals surface area contributed by atoms with Gasteiger partial charge >= 0.3 is 0 Å². The van der Waals surface area contributed by atoms with Gasteiger partial charge < -0.3 is 20.1 Å². The fourth-order valence-electron chi connectivity index (χ4n) is 1.72. The fraction of sp³-hybridized carbons (Fsp3) is 0.733. The Kier molecular flexibility index (Phi) is 9.48. The van der Waals surface area contributed by atoms with E-state index >= 15 is 0 Å². The molecule has 0 aromatic carbocycles. The molecule has 120 valence electrons. The van der Waals surface area contributed by atoms with Crippen LogP contribution in [0.2, 0.25) is 0 Å². The molecule has 1 aromatic heterocycles. The lowest BCUT2D eigenvalue weighted by Crippen LogP contribution is -2.13. The Hall–Kier alpha value is -1.40. The molecule has 0 saturated heterocycles. The fourth-order valence-corrected chi connectivity index (χ4v) is 1.72. The quantitative estimate of drug-likeness (QED) is 0.578. The third kappa shape index (κ3) is 7.82. The van der Waals surface area contributed by atoms with E-state index in [9.17, 15) is 0 Å². The molecule has 0 atom stereocenters. The monoisotopic (exact) mass is 296 g/mol. The first-order valence-electron chi connectivity index (χ1n) is 7.72. The minimum Gasteiger partial charge on any atom is -0.380 e. The molecule has 1 aromatic rings. The highest BCUT2D eigenvalue weighted by Crippen LogP contribution is 2.12. The van der Waals surface area contributed by atoms with Gasteiger partial charge in [0.05, 0.1) is 6.61 Å². The zero-order valence-electron chi connectivity index (χ0n) is 13.4. The molecular weight excluding hydrogens is 268 g/mol. The highest BCUT2D eigenvalue weighted by Gasteiger charge is 2.04. The molecule has 1 rings (SSSR count). The van der Waals surface area contributed by atoms with Crippen molar-refractivity contribution in [1.29, 1.82) is 0 Å². The van der Waals surface area contributed by atoms with E-state index in [0.29, 0.717) is 19.0 Å². The van der Waals surface area contributed by atoms with E-state index in [-0.39, 0.29) is 0 Å². The Bertz CT molecular complexity index is 388. The van der Waals surface area contributed by atoms with Crippen LogP contribution in [-0.4, -0.2) is 43.4 Å². The molecule has 21 heavy (non-hydrogen) atoms. The third-order valence-corrected chi connectivity index (χ3v) is 2.80. The number of ether oxygens (including phenoxy) is 2. The Morgan fingerprint density at radius 3 is 2.33 bits per heavy atom. The van der Waals surface area contributed by atoms with Crippen LogP contribution in [0.4, 0.5) is 11.6 Å². The molecule has 0 saturated carbocycles. The highest BCUT2D eigenvalue weighted by atomic mass is 16.5. The predicted molar refractivity (Wildman–Crippen MR) is 85.7 cm³/mol. The number of methoxy groups -OCH3 is 1. The molecule has 0 amide bonds. The molecule has 0 radical (unpaired) electrons. The van der Waals surface area contributed by atoms with Gasteiger partial charge in [0.15, 0.2) is 5.82 Å². The average Bonchev–Trinajstić information content (AvgIpc) is 2.49. The molecule has 0 aliphatic heterocycles. The van der Waals surface area contributed by atoms with Gasteiger partial charge in [0.25, 0.3) is 0 Å². The summed E-state index contributed by atoms with van der Waals surface area (Å²) in [6.45, 7) is 7.82. The van der Waals surface area contributed by atoms with E-state index in [1.807, 2.05) is 6.07 Å². The Labute approximate surface area is 127 Å². The number of nitrogens with zero attached hydrogens (tertiary/aromatic N) is 2. The number of hydrogen-bond donors (Lipinski definition) is 2. The van der Waals surface area contributed by atoms with Gasteiger partial charge in [-0.3, -0.25) is 0 Å². The lowest BCUT2D eigenvalue weighted by Gasteiger charge is -2.11.